The van der Waals surface area contributed by atoms with Crippen LogP contribution in [0.15, 0.2) is 59.5 Å². The summed E-state index contributed by atoms with van der Waals surface area (Å²) in [6, 6.07) is 14.1. The normalized spacial score (nSPS) is 11.1. The molecule has 0 aliphatic heterocycles. The zero-order valence-electron chi connectivity index (χ0n) is 18.3. The van der Waals surface area contributed by atoms with Gasteiger partial charge >= 0.3 is 0 Å². The number of hydrogen-bond donors (Lipinski definition) is 1. The van der Waals surface area contributed by atoms with E-state index in [9.17, 15) is 13.6 Å². The zero-order chi connectivity index (χ0) is 23.5. The molecule has 2 aromatic carbocycles. The largest absolute Gasteiger partial charge is 0.497 e. The third-order valence-corrected chi connectivity index (χ3v) is 5.19. The first-order valence-corrected chi connectivity index (χ1v) is 10.2. The van der Waals surface area contributed by atoms with Crippen molar-refractivity contribution in [2.45, 2.75) is 13.3 Å². The van der Waals surface area contributed by atoms with Gasteiger partial charge in [-0.1, -0.05) is 6.07 Å². The number of benzene rings is 2. The third-order valence-electron chi connectivity index (χ3n) is 5.19. The predicted molar refractivity (Wildman–Crippen MR) is 123 cm³/mol. The summed E-state index contributed by atoms with van der Waals surface area (Å²) in [5.41, 5.74) is 2.58. The Morgan fingerprint density at radius 2 is 1.82 bits per heavy atom. The molecular weight excluding hydrogens is 430 g/mol. The van der Waals surface area contributed by atoms with Gasteiger partial charge in [0.15, 0.2) is 5.65 Å². The zero-order valence-corrected chi connectivity index (χ0v) is 18.3. The number of hydrogen-bond acceptors (Lipinski definition) is 6. The van der Waals surface area contributed by atoms with Crippen molar-refractivity contribution in [3.8, 4) is 28.3 Å². The Hall–Kier alpha value is -4.01. The van der Waals surface area contributed by atoms with Gasteiger partial charge in [0.25, 0.3) is 12.0 Å². The number of halogens is 2. The van der Waals surface area contributed by atoms with Crippen LogP contribution >= 0.6 is 0 Å². The smallest absolute Gasteiger partial charge is 0.264 e. The van der Waals surface area contributed by atoms with Crippen LogP contribution in [0.2, 0.25) is 0 Å². The lowest BCUT2D eigenvalue weighted by atomic mass is 10.0. The number of alkyl halides is 2. The highest BCUT2D eigenvalue weighted by atomic mass is 19.3. The molecule has 33 heavy (non-hydrogen) atoms. The number of fused-ring (bicyclic) bond motifs is 1. The highest BCUT2D eigenvalue weighted by Gasteiger charge is 2.16. The van der Waals surface area contributed by atoms with E-state index >= 15 is 0 Å². The van der Waals surface area contributed by atoms with E-state index in [2.05, 4.69) is 15.3 Å². The highest BCUT2D eigenvalue weighted by Crippen LogP contribution is 2.27. The molecule has 0 radical (unpaired) electrons. The maximum Gasteiger partial charge on any atom is 0.264 e. The minimum atomic E-state index is -2.56. The summed E-state index contributed by atoms with van der Waals surface area (Å²) >= 11 is 0. The van der Waals surface area contributed by atoms with E-state index in [0.29, 0.717) is 39.3 Å². The van der Waals surface area contributed by atoms with Gasteiger partial charge in [0.1, 0.15) is 11.5 Å². The van der Waals surface area contributed by atoms with Crippen LogP contribution in [0.3, 0.4) is 0 Å². The van der Waals surface area contributed by atoms with E-state index in [0.717, 1.165) is 5.56 Å². The number of nitrogens with one attached hydrogen (secondary N) is 1. The number of aromatic nitrogens is 3. The molecule has 0 saturated carbocycles. The molecule has 0 unspecified atom stereocenters. The van der Waals surface area contributed by atoms with Gasteiger partial charge in [0.2, 0.25) is 5.95 Å². The van der Waals surface area contributed by atoms with Gasteiger partial charge in [0, 0.05) is 17.1 Å². The molecular formula is C24H22F2N4O3. The second kappa shape index (κ2) is 9.23. The van der Waals surface area contributed by atoms with E-state index in [1.807, 2.05) is 19.1 Å². The maximum absolute atomic E-state index is 13.7. The first kappa shape index (κ1) is 22.2. The summed E-state index contributed by atoms with van der Waals surface area (Å²) in [4.78, 5) is 22.2. The van der Waals surface area contributed by atoms with Crippen molar-refractivity contribution in [3.05, 3.63) is 70.6 Å². The first-order chi connectivity index (χ1) is 15.9. The van der Waals surface area contributed by atoms with Crippen molar-refractivity contribution in [3.63, 3.8) is 0 Å². The number of pyridine rings is 1. The Balaban J connectivity index is 1.95. The van der Waals surface area contributed by atoms with Crippen molar-refractivity contribution >= 4 is 17.0 Å². The van der Waals surface area contributed by atoms with Crippen LogP contribution in [0.1, 0.15) is 5.56 Å². The first-order valence-electron chi connectivity index (χ1n) is 10.2. The van der Waals surface area contributed by atoms with Gasteiger partial charge in [-0.3, -0.25) is 9.36 Å². The van der Waals surface area contributed by atoms with E-state index < -0.39 is 13.0 Å². The molecule has 7 nitrogen and oxygen atoms in total. The Morgan fingerprint density at radius 3 is 2.45 bits per heavy atom. The fourth-order valence-corrected chi connectivity index (χ4v) is 3.57. The second-order valence-corrected chi connectivity index (χ2v) is 7.33. The van der Waals surface area contributed by atoms with Crippen LogP contribution in [0.5, 0.6) is 11.5 Å². The SMILES string of the molecule is COc1ccc(-n2c(=O)c(-c3ccc(OC)c(C)c3)cc3cnc(NCC(F)F)nc32)cc1. The summed E-state index contributed by atoms with van der Waals surface area (Å²) in [7, 11) is 3.14. The fraction of sp³-hybridized carbons (Fsp3) is 0.208. The third kappa shape index (κ3) is 4.48. The van der Waals surface area contributed by atoms with Crippen molar-refractivity contribution in [1.29, 1.82) is 0 Å². The molecule has 0 saturated heterocycles. The van der Waals surface area contributed by atoms with Crippen LogP contribution in [0.25, 0.3) is 27.8 Å². The molecule has 0 aliphatic rings. The molecule has 2 heterocycles. The average molecular weight is 452 g/mol. The van der Waals surface area contributed by atoms with Crippen LogP contribution in [-0.4, -0.2) is 41.7 Å². The Labute approximate surface area is 188 Å². The topological polar surface area (TPSA) is 78.3 Å². The van der Waals surface area contributed by atoms with Crippen molar-refractivity contribution in [2.24, 2.45) is 0 Å². The summed E-state index contributed by atoms with van der Waals surface area (Å²) in [5, 5.41) is 3.08. The average Bonchev–Trinajstić information content (AvgIpc) is 2.82. The number of rotatable bonds is 7. The number of methoxy groups -OCH3 is 2. The summed E-state index contributed by atoms with van der Waals surface area (Å²) in [5.74, 6) is 1.36. The Bertz CT molecular complexity index is 1350. The summed E-state index contributed by atoms with van der Waals surface area (Å²) in [6.45, 7) is 1.30. The Kier molecular flexibility index (Phi) is 6.21. The number of aryl methyl sites for hydroxylation is 1. The van der Waals surface area contributed by atoms with E-state index in [1.54, 1.807) is 50.6 Å². The molecule has 0 bridgehead atoms. The molecule has 0 aliphatic carbocycles. The van der Waals surface area contributed by atoms with Gasteiger partial charge in [-0.05, 0) is 60.5 Å². The molecule has 0 spiro atoms. The van der Waals surface area contributed by atoms with Gasteiger partial charge in [-0.25, -0.2) is 13.8 Å². The molecule has 0 fully saturated rings. The molecule has 0 amide bonds. The minimum absolute atomic E-state index is 0.0116. The van der Waals surface area contributed by atoms with Crippen molar-refractivity contribution in [2.75, 3.05) is 26.1 Å². The lowest BCUT2D eigenvalue weighted by Gasteiger charge is -2.15. The van der Waals surface area contributed by atoms with Crippen molar-refractivity contribution < 1.29 is 18.3 Å². The van der Waals surface area contributed by atoms with Gasteiger partial charge in [-0.2, -0.15) is 4.98 Å². The lowest BCUT2D eigenvalue weighted by Crippen LogP contribution is -2.22. The maximum atomic E-state index is 13.7. The quantitative estimate of drug-likeness (QED) is 0.446. The summed E-state index contributed by atoms with van der Waals surface area (Å²) in [6.07, 6.45) is -1.05. The number of ether oxygens (including phenoxy) is 2. The van der Waals surface area contributed by atoms with E-state index in [-0.39, 0.29) is 11.5 Å². The molecule has 170 valence electrons. The molecule has 9 heteroatoms. The van der Waals surface area contributed by atoms with Gasteiger partial charge in [-0.15, -0.1) is 0 Å². The minimum Gasteiger partial charge on any atom is -0.497 e. The van der Waals surface area contributed by atoms with Crippen LogP contribution in [0.4, 0.5) is 14.7 Å². The van der Waals surface area contributed by atoms with Gasteiger partial charge in [0.05, 0.1) is 26.5 Å². The molecule has 4 rings (SSSR count). The van der Waals surface area contributed by atoms with Crippen LogP contribution in [0, 0.1) is 6.92 Å². The molecule has 0 atom stereocenters. The molecule has 4 aromatic rings. The van der Waals surface area contributed by atoms with Crippen LogP contribution in [-0.2, 0) is 0 Å². The van der Waals surface area contributed by atoms with E-state index in [1.165, 1.54) is 10.8 Å². The second-order valence-electron chi connectivity index (χ2n) is 7.33. The highest BCUT2D eigenvalue weighted by molar-refractivity contribution is 5.83. The van der Waals surface area contributed by atoms with Gasteiger partial charge < -0.3 is 14.8 Å². The Morgan fingerprint density at radius 1 is 1.06 bits per heavy atom. The van der Waals surface area contributed by atoms with Crippen LogP contribution < -0.4 is 20.3 Å². The standard InChI is InChI=1S/C24H22F2N4O3/c1-14-10-15(4-9-20(14)33-3)19-11-16-12-27-24(28-13-21(25)26)29-22(16)30(23(19)31)17-5-7-18(32-2)8-6-17/h4-12,21H,13H2,1-3H3,(H,27,28,29). The fourth-order valence-electron chi connectivity index (χ4n) is 3.57. The predicted octanol–water partition coefficient (Wildman–Crippen LogP) is 4.45. The van der Waals surface area contributed by atoms with E-state index in [4.69, 9.17) is 9.47 Å². The molecule has 1 N–H and O–H groups in total. The summed E-state index contributed by atoms with van der Waals surface area (Å²) < 4.78 is 37.3. The number of anilines is 1. The lowest BCUT2D eigenvalue weighted by molar-refractivity contribution is 0.163. The monoisotopic (exact) mass is 452 g/mol. The number of nitrogens with zero attached hydrogens (tertiary/aromatic N) is 3. The van der Waals surface area contributed by atoms with Crippen molar-refractivity contribution in [1.82, 2.24) is 14.5 Å². The molecule has 2 aromatic heterocycles.